The largest absolute Gasteiger partial charge is 0.456 e. The summed E-state index contributed by atoms with van der Waals surface area (Å²) in [5.74, 6) is 0.0920. The molecule has 2 heterocycles. The summed E-state index contributed by atoms with van der Waals surface area (Å²) in [6.07, 6.45) is 5.36. The Morgan fingerprint density at radius 1 is 1.25 bits per heavy atom. The van der Waals surface area contributed by atoms with Gasteiger partial charge in [0.05, 0.1) is 0 Å². The van der Waals surface area contributed by atoms with Crippen LogP contribution in [0.15, 0.2) is 6.07 Å². The quantitative estimate of drug-likeness (QED) is 0.785. The lowest BCUT2D eigenvalue weighted by atomic mass is 9.98. The summed E-state index contributed by atoms with van der Waals surface area (Å²) in [5.41, 5.74) is 1.76. The zero-order valence-corrected chi connectivity index (χ0v) is 11.8. The van der Waals surface area contributed by atoms with Gasteiger partial charge in [-0.2, -0.15) is 4.98 Å². The monoisotopic (exact) mass is 274 g/mol. The normalized spacial score (nSPS) is 16.5. The standard InChI is InChI=1S/C14H18N4O2/c1-9-8-10(2)18-14(15-9)16-12(17-18)13(19)20-11-6-4-3-5-7-11/h8,11H,3-7H2,1-2H3. The van der Waals surface area contributed by atoms with Gasteiger partial charge in [-0.25, -0.2) is 14.3 Å². The van der Waals surface area contributed by atoms with E-state index in [-0.39, 0.29) is 11.9 Å². The van der Waals surface area contributed by atoms with Gasteiger partial charge in [-0.3, -0.25) is 0 Å². The van der Waals surface area contributed by atoms with E-state index in [9.17, 15) is 4.79 Å². The number of hydrogen-bond donors (Lipinski definition) is 0. The van der Waals surface area contributed by atoms with Crippen LogP contribution < -0.4 is 0 Å². The van der Waals surface area contributed by atoms with E-state index in [2.05, 4.69) is 15.1 Å². The number of carbonyl (C=O) groups is 1. The van der Waals surface area contributed by atoms with Crippen LogP contribution in [-0.2, 0) is 4.74 Å². The molecule has 0 aliphatic heterocycles. The number of ether oxygens (including phenoxy) is 1. The third kappa shape index (κ3) is 2.50. The Kier molecular flexibility index (Phi) is 3.38. The van der Waals surface area contributed by atoms with E-state index < -0.39 is 5.97 Å². The summed E-state index contributed by atoms with van der Waals surface area (Å²) in [6.45, 7) is 3.80. The second-order valence-corrected chi connectivity index (χ2v) is 5.35. The first-order chi connectivity index (χ1) is 9.63. The lowest BCUT2D eigenvalue weighted by Gasteiger charge is -2.20. The smallest absolute Gasteiger partial charge is 0.378 e. The summed E-state index contributed by atoms with van der Waals surface area (Å²) in [5, 5.41) is 4.19. The van der Waals surface area contributed by atoms with E-state index in [0.717, 1.165) is 37.1 Å². The summed E-state index contributed by atoms with van der Waals surface area (Å²) in [4.78, 5) is 20.5. The van der Waals surface area contributed by atoms with Crippen LogP contribution in [0.25, 0.3) is 5.78 Å². The van der Waals surface area contributed by atoms with Gasteiger partial charge in [-0.1, -0.05) is 6.42 Å². The SMILES string of the molecule is Cc1cc(C)n2nc(C(=O)OC3CCCCC3)nc2n1. The van der Waals surface area contributed by atoms with E-state index in [4.69, 9.17) is 4.74 Å². The molecule has 0 atom stereocenters. The molecule has 0 radical (unpaired) electrons. The molecule has 0 aromatic carbocycles. The van der Waals surface area contributed by atoms with Gasteiger partial charge in [0.15, 0.2) is 0 Å². The highest BCUT2D eigenvalue weighted by Crippen LogP contribution is 2.21. The Hall–Kier alpha value is -1.98. The number of aromatic nitrogens is 4. The molecule has 1 fully saturated rings. The first kappa shape index (κ1) is 13.0. The number of hydrogen-bond acceptors (Lipinski definition) is 5. The van der Waals surface area contributed by atoms with Crippen molar-refractivity contribution in [1.29, 1.82) is 0 Å². The van der Waals surface area contributed by atoms with Gasteiger partial charge in [-0.05, 0) is 45.6 Å². The van der Waals surface area contributed by atoms with E-state index in [1.165, 1.54) is 6.42 Å². The summed E-state index contributed by atoms with van der Waals surface area (Å²) in [6, 6.07) is 1.90. The maximum atomic E-state index is 12.1. The number of aryl methyl sites for hydroxylation is 2. The molecule has 0 N–H and O–H groups in total. The molecule has 0 bridgehead atoms. The van der Waals surface area contributed by atoms with Crippen LogP contribution in [0.5, 0.6) is 0 Å². The van der Waals surface area contributed by atoms with Gasteiger partial charge in [0.2, 0.25) is 0 Å². The predicted octanol–water partition coefficient (Wildman–Crippen LogP) is 2.23. The van der Waals surface area contributed by atoms with Crippen LogP contribution in [0, 0.1) is 13.8 Å². The lowest BCUT2D eigenvalue weighted by molar-refractivity contribution is 0.0197. The van der Waals surface area contributed by atoms with Gasteiger partial charge in [0.25, 0.3) is 11.6 Å². The van der Waals surface area contributed by atoms with E-state index >= 15 is 0 Å². The fourth-order valence-corrected chi connectivity index (χ4v) is 2.64. The second-order valence-electron chi connectivity index (χ2n) is 5.35. The molecular formula is C14H18N4O2. The number of nitrogens with zero attached hydrogens (tertiary/aromatic N) is 4. The zero-order chi connectivity index (χ0) is 14.1. The van der Waals surface area contributed by atoms with Crippen LogP contribution in [0.3, 0.4) is 0 Å². The van der Waals surface area contributed by atoms with Gasteiger partial charge in [0.1, 0.15) is 6.10 Å². The minimum atomic E-state index is -0.445. The molecule has 2 aromatic rings. The molecule has 0 unspecified atom stereocenters. The first-order valence-corrected chi connectivity index (χ1v) is 7.05. The van der Waals surface area contributed by atoms with Crippen molar-refractivity contribution in [2.24, 2.45) is 0 Å². The van der Waals surface area contributed by atoms with Gasteiger partial charge in [0, 0.05) is 11.4 Å². The van der Waals surface area contributed by atoms with Crippen molar-refractivity contribution in [2.45, 2.75) is 52.1 Å². The van der Waals surface area contributed by atoms with E-state index in [1.807, 2.05) is 19.9 Å². The Morgan fingerprint density at radius 3 is 2.75 bits per heavy atom. The van der Waals surface area contributed by atoms with Crippen LogP contribution in [0.2, 0.25) is 0 Å². The maximum Gasteiger partial charge on any atom is 0.378 e. The molecule has 1 aliphatic carbocycles. The Labute approximate surface area is 117 Å². The average molecular weight is 274 g/mol. The van der Waals surface area contributed by atoms with Crippen LogP contribution in [-0.4, -0.2) is 31.7 Å². The molecular weight excluding hydrogens is 256 g/mol. The highest BCUT2D eigenvalue weighted by Gasteiger charge is 2.22. The summed E-state index contributed by atoms with van der Waals surface area (Å²) >= 11 is 0. The molecule has 3 rings (SSSR count). The summed E-state index contributed by atoms with van der Waals surface area (Å²) < 4.78 is 7.05. The van der Waals surface area contributed by atoms with Crippen molar-refractivity contribution in [3.8, 4) is 0 Å². The molecule has 0 saturated heterocycles. The first-order valence-electron chi connectivity index (χ1n) is 7.05. The minimum absolute atomic E-state index is 0.0126. The Balaban J connectivity index is 1.82. The molecule has 0 spiro atoms. The lowest BCUT2D eigenvalue weighted by Crippen LogP contribution is -2.21. The highest BCUT2D eigenvalue weighted by atomic mass is 16.5. The molecule has 1 saturated carbocycles. The number of esters is 1. The topological polar surface area (TPSA) is 69.4 Å². The van der Waals surface area contributed by atoms with Crippen molar-refractivity contribution < 1.29 is 9.53 Å². The second kappa shape index (κ2) is 5.19. The molecule has 2 aromatic heterocycles. The fraction of sp³-hybridized carbons (Fsp3) is 0.571. The van der Waals surface area contributed by atoms with Crippen molar-refractivity contribution >= 4 is 11.7 Å². The number of fused-ring (bicyclic) bond motifs is 1. The van der Waals surface area contributed by atoms with E-state index in [1.54, 1.807) is 4.52 Å². The zero-order valence-electron chi connectivity index (χ0n) is 11.8. The number of carbonyl (C=O) groups excluding carboxylic acids is 1. The molecule has 6 heteroatoms. The Bertz CT molecular complexity index is 644. The predicted molar refractivity (Wildman–Crippen MR) is 72.5 cm³/mol. The molecule has 0 amide bonds. The van der Waals surface area contributed by atoms with Gasteiger partial charge in [-0.15, -0.1) is 5.10 Å². The minimum Gasteiger partial charge on any atom is -0.456 e. The average Bonchev–Trinajstić information content (AvgIpc) is 2.84. The third-order valence-electron chi connectivity index (χ3n) is 3.63. The van der Waals surface area contributed by atoms with Crippen LogP contribution in [0.1, 0.15) is 54.1 Å². The summed E-state index contributed by atoms with van der Waals surface area (Å²) in [7, 11) is 0. The molecule has 6 nitrogen and oxygen atoms in total. The van der Waals surface area contributed by atoms with Crippen LogP contribution >= 0.6 is 0 Å². The Morgan fingerprint density at radius 2 is 2.00 bits per heavy atom. The third-order valence-corrected chi connectivity index (χ3v) is 3.63. The van der Waals surface area contributed by atoms with Crippen molar-refractivity contribution in [2.75, 3.05) is 0 Å². The van der Waals surface area contributed by atoms with Crippen molar-refractivity contribution in [3.63, 3.8) is 0 Å². The van der Waals surface area contributed by atoms with Crippen molar-refractivity contribution in [1.82, 2.24) is 19.6 Å². The molecule has 1 aliphatic rings. The fourth-order valence-electron chi connectivity index (χ4n) is 2.64. The molecule has 20 heavy (non-hydrogen) atoms. The van der Waals surface area contributed by atoms with Crippen molar-refractivity contribution in [3.05, 3.63) is 23.3 Å². The van der Waals surface area contributed by atoms with Gasteiger partial charge >= 0.3 is 5.97 Å². The van der Waals surface area contributed by atoms with Crippen LogP contribution in [0.4, 0.5) is 0 Å². The van der Waals surface area contributed by atoms with E-state index in [0.29, 0.717) is 5.78 Å². The number of rotatable bonds is 2. The van der Waals surface area contributed by atoms with Gasteiger partial charge < -0.3 is 4.74 Å². The maximum absolute atomic E-state index is 12.1. The molecule has 106 valence electrons. The highest BCUT2D eigenvalue weighted by molar-refractivity contribution is 5.85.